The number of hydrogen-bond acceptors (Lipinski definition) is 8. The third kappa shape index (κ3) is 4.31. The molecule has 1 saturated heterocycles. The van der Waals surface area contributed by atoms with Crippen LogP contribution in [0.2, 0.25) is 0 Å². The molecule has 0 spiro atoms. The molecular formula is C27H30N6O4. The predicted octanol–water partition coefficient (Wildman–Crippen LogP) is 3.25. The molecule has 37 heavy (non-hydrogen) atoms. The Morgan fingerprint density at radius 3 is 2.78 bits per heavy atom. The molecule has 2 aliphatic rings. The Kier molecular flexibility index (Phi) is 6.25. The number of ether oxygens (including phenoxy) is 3. The minimum atomic E-state index is -0.487. The summed E-state index contributed by atoms with van der Waals surface area (Å²) in [5.74, 6) is 1.77. The SMILES string of the molecule is COc1cc2cc([C@H](c3nnnn3C[C@H]3CCCO3)N3CCCc4ccccc43)c(=O)[nH]c2cc1OC. The molecule has 2 aromatic heterocycles. The first-order chi connectivity index (χ1) is 18.2. The Hall–Kier alpha value is -3.92. The van der Waals surface area contributed by atoms with E-state index in [0.29, 0.717) is 34.9 Å². The van der Waals surface area contributed by atoms with E-state index in [-0.39, 0.29) is 11.7 Å². The van der Waals surface area contributed by atoms with Crippen molar-refractivity contribution in [2.75, 3.05) is 32.3 Å². The molecule has 2 aromatic carbocycles. The summed E-state index contributed by atoms with van der Waals surface area (Å²) < 4.78 is 18.6. The van der Waals surface area contributed by atoms with E-state index in [1.54, 1.807) is 25.0 Å². The van der Waals surface area contributed by atoms with E-state index in [0.717, 1.165) is 49.9 Å². The molecule has 192 valence electrons. The summed E-state index contributed by atoms with van der Waals surface area (Å²) >= 11 is 0. The molecule has 0 aliphatic carbocycles. The number of aromatic nitrogens is 5. The minimum absolute atomic E-state index is 0.0585. The highest BCUT2D eigenvalue weighted by molar-refractivity contribution is 5.83. The van der Waals surface area contributed by atoms with Crippen LogP contribution in [0.4, 0.5) is 5.69 Å². The monoisotopic (exact) mass is 502 g/mol. The molecule has 0 bridgehead atoms. The van der Waals surface area contributed by atoms with E-state index in [1.165, 1.54) is 5.56 Å². The second-order valence-electron chi connectivity index (χ2n) is 9.53. The van der Waals surface area contributed by atoms with Gasteiger partial charge in [0.25, 0.3) is 5.56 Å². The maximum absolute atomic E-state index is 13.7. The van der Waals surface area contributed by atoms with E-state index < -0.39 is 6.04 Å². The summed E-state index contributed by atoms with van der Waals surface area (Å²) in [6.45, 7) is 2.07. The molecule has 1 N–H and O–H groups in total. The van der Waals surface area contributed by atoms with Crippen LogP contribution in [-0.2, 0) is 17.7 Å². The molecule has 1 fully saturated rings. The van der Waals surface area contributed by atoms with Crippen molar-refractivity contribution in [3.63, 3.8) is 0 Å². The first-order valence-corrected chi connectivity index (χ1v) is 12.7. The molecule has 0 radical (unpaired) electrons. The van der Waals surface area contributed by atoms with Crippen LogP contribution < -0.4 is 19.9 Å². The van der Waals surface area contributed by atoms with Crippen LogP contribution in [0.1, 0.15) is 42.3 Å². The van der Waals surface area contributed by atoms with Gasteiger partial charge in [-0.25, -0.2) is 4.68 Å². The van der Waals surface area contributed by atoms with Gasteiger partial charge in [0, 0.05) is 35.9 Å². The summed E-state index contributed by atoms with van der Waals surface area (Å²) in [5, 5.41) is 13.7. The fraction of sp³-hybridized carbons (Fsp3) is 0.407. The summed E-state index contributed by atoms with van der Waals surface area (Å²) in [6.07, 6.45) is 4.01. The fourth-order valence-electron chi connectivity index (χ4n) is 5.55. The van der Waals surface area contributed by atoms with Gasteiger partial charge in [-0.05, 0) is 59.9 Å². The van der Waals surface area contributed by atoms with Crippen LogP contribution in [0.5, 0.6) is 11.5 Å². The van der Waals surface area contributed by atoms with Crippen LogP contribution >= 0.6 is 0 Å². The number of aromatic amines is 1. The van der Waals surface area contributed by atoms with Gasteiger partial charge >= 0.3 is 0 Å². The van der Waals surface area contributed by atoms with Gasteiger partial charge in [0.05, 0.1) is 32.4 Å². The lowest BCUT2D eigenvalue weighted by Gasteiger charge is -2.37. The first-order valence-electron chi connectivity index (χ1n) is 12.7. The van der Waals surface area contributed by atoms with Gasteiger partial charge in [0.2, 0.25) is 0 Å². The zero-order valence-corrected chi connectivity index (χ0v) is 21.0. The molecule has 6 rings (SSSR count). The molecule has 0 saturated carbocycles. The highest BCUT2D eigenvalue weighted by Crippen LogP contribution is 2.38. The normalized spacial score (nSPS) is 18.1. The molecule has 10 heteroatoms. The van der Waals surface area contributed by atoms with Gasteiger partial charge < -0.3 is 24.1 Å². The van der Waals surface area contributed by atoms with Crippen LogP contribution in [-0.4, -0.2) is 58.7 Å². The Balaban J connectivity index is 1.53. The van der Waals surface area contributed by atoms with E-state index in [9.17, 15) is 4.79 Å². The third-order valence-corrected chi connectivity index (χ3v) is 7.33. The Morgan fingerprint density at radius 1 is 1.14 bits per heavy atom. The summed E-state index contributed by atoms with van der Waals surface area (Å²) in [4.78, 5) is 19.0. The number of benzene rings is 2. The van der Waals surface area contributed by atoms with Crippen molar-refractivity contribution >= 4 is 16.6 Å². The first kappa shape index (κ1) is 23.5. The standard InChI is InChI=1S/C27H30N6O4/c1-35-23-14-18-13-20(27(34)28-21(18)15-24(23)36-2)25(32-11-5-8-17-7-3-4-10-22(17)32)26-29-30-31-33(26)16-19-9-6-12-37-19/h3-4,7,10,13-15,19,25H,5-6,8-9,11-12,16H2,1-2H3,(H,28,34)/t19-,25-/m1/s1. The van der Waals surface area contributed by atoms with Crippen molar-refractivity contribution in [1.82, 2.24) is 25.2 Å². The van der Waals surface area contributed by atoms with Gasteiger partial charge in [0.1, 0.15) is 6.04 Å². The molecule has 2 aliphatic heterocycles. The summed E-state index contributed by atoms with van der Waals surface area (Å²) in [6, 6.07) is 13.4. The maximum atomic E-state index is 13.7. The van der Waals surface area contributed by atoms with Crippen LogP contribution in [0.25, 0.3) is 10.9 Å². The number of hydrogen-bond donors (Lipinski definition) is 1. The Bertz CT molecular complexity index is 1480. The van der Waals surface area contributed by atoms with Gasteiger partial charge in [-0.1, -0.05) is 18.2 Å². The number of para-hydroxylation sites is 1. The van der Waals surface area contributed by atoms with Crippen molar-refractivity contribution in [2.24, 2.45) is 0 Å². The molecule has 0 unspecified atom stereocenters. The van der Waals surface area contributed by atoms with Crippen LogP contribution in [0, 0.1) is 0 Å². The number of pyridine rings is 1. The van der Waals surface area contributed by atoms with Crippen molar-refractivity contribution in [3.8, 4) is 11.5 Å². The van der Waals surface area contributed by atoms with Crippen molar-refractivity contribution in [3.05, 3.63) is 69.8 Å². The van der Waals surface area contributed by atoms with Crippen molar-refractivity contribution in [1.29, 1.82) is 0 Å². The minimum Gasteiger partial charge on any atom is -0.493 e. The molecule has 2 atom stereocenters. The number of nitrogens with one attached hydrogen (secondary N) is 1. The lowest BCUT2D eigenvalue weighted by molar-refractivity contribution is 0.0924. The second kappa shape index (κ2) is 9.85. The fourth-order valence-corrected chi connectivity index (χ4v) is 5.55. The molecule has 4 heterocycles. The maximum Gasteiger partial charge on any atom is 0.254 e. The van der Waals surface area contributed by atoms with Crippen molar-refractivity contribution < 1.29 is 14.2 Å². The number of nitrogens with zero attached hydrogens (tertiary/aromatic N) is 5. The largest absolute Gasteiger partial charge is 0.493 e. The average Bonchev–Trinajstić information content (AvgIpc) is 3.61. The number of rotatable bonds is 7. The lowest BCUT2D eigenvalue weighted by Crippen LogP contribution is -2.39. The molecular weight excluding hydrogens is 472 g/mol. The predicted molar refractivity (Wildman–Crippen MR) is 138 cm³/mol. The van der Waals surface area contributed by atoms with Gasteiger partial charge in [-0.2, -0.15) is 0 Å². The van der Waals surface area contributed by atoms with Gasteiger partial charge in [-0.3, -0.25) is 4.79 Å². The van der Waals surface area contributed by atoms with E-state index >= 15 is 0 Å². The smallest absolute Gasteiger partial charge is 0.254 e. The quantitative estimate of drug-likeness (QED) is 0.410. The number of H-pyrrole nitrogens is 1. The van der Waals surface area contributed by atoms with Gasteiger partial charge in [0.15, 0.2) is 17.3 Å². The van der Waals surface area contributed by atoms with Gasteiger partial charge in [-0.15, -0.1) is 5.10 Å². The number of tetrazole rings is 1. The zero-order valence-electron chi connectivity index (χ0n) is 21.0. The summed E-state index contributed by atoms with van der Waals surface area (Å²) in [5.41, 5.74) is 3.39. The highest BCUT2D eigenvalue weighted by atomic mass is 16.5. The number of aryl methyl sites for hydroxylation is 1. The second-order valence-corrected chi connectivity index (χ2v) is 9.53. The van der Waals surface area contributed by atoms with E-state index in [4.69, 9.17) is 14.2 Å². The number of anilines is 1. The summed E-state index contributed by atoms with van der Waals surface area (Å²) in [7, 11) is 3.18. The number of fused-ring (bicyclic) bond motifs is 2. The van der Waals surface area contributed by atoms with E-state index in [2.05, 4.69) is 43.6 Å². The molecule has 10 nitrogen and oxygen atoms in total. The van der Waals surface area contributed by atoms with E-state index in [1.807, 2.05) is 18.2 Å². The molecule has 4 aromatic rings. The topological polar surface area (TPSA) is 107 Å². The Morgan fingerprint density at radius 2 is 1.97 bits per heavy atom. The Labute approximate surface area is 214 Å². The van der Waals surface area contributed by atoms with Crippen LogP contribution in [0.15, 0.2) is 47.3 Å². The average molecular weight is 503 g/mol. The molecule has 0 amide bonds. The zero-order chi connectivity index (χ0) is 25.4. The lowest BCUT2D eigenvalue weighted by atomic mass is 9.96. The number of methoxy groups -OCH3 is 2. The highest BCUT2D eigenvalue weighted by Gasteiger charge is 2.34. The van der Waals surface area contributed by atoms with Crippen molar-refractivity contribution in [2.45, 2.75) is 44.4 Å². The third-order valence-electron chi connectivity index (χ3n) is 7.33. The van der Waals surface area contributed by atoms with Crippen LogP contribution in [0.3, 0.4) is 0 Å².